The molecule has 0 unspecified atom stereocenters. The van der Waals surface area contributed by atoms with Gasteiger partial charge in [-0.1, -0.05) is 25.3 Å². The number of methoxy groups -OCH3 is 1. The number of halogens is 3. The van der Waals surface area contributed by atoms with Crippen LogP contribution >= 0.6 is 0 Å². The van der Waals surface area contributed by atoms with Crippen LogP contribution in [0.1, 0.15) is 80.5 Å². The van der Waals surface area contributed by atoms with Crippen LogP contribution in [0.4, 0.5) is 24.8 Å². The number of hydrogen-bond acceptors (Lipinski definition) is 10. The molecule has 51 heavy (non-hydrogen) atoms. The molecule has 4 aromatic rings. The topological polar surface area (TPSA) is 144 Å². The maximum absolute atomic E-state index is 13.9. The van der Waals surface area contributed by atoms with Crippen LogP contribution in [0.25, 0.3) is 22.4 Å². The number of ether oxygens (including phenoxy) is 3. The Morgan fingerprint density at radius 1 is 1.04 bits per heavy atom. The van der Waals surface area contributed by atoms with Crippen molar-refractivity contribution >= 4 is 34.7 Å². The first kappa shape index (κ1) is 37.5. The van der Waals surface area contributed by atoms with Crippen LogP contribution in [0.3, 0.4) is 0 Å². The molecule has 0 radical (unpaired) electrons. The van der Waals surface area contributed by atoms with Crippen LogP contribution in [0.5, 0.6) is 5.88 Å². The zero-order valence-electron chi connectivity index (χ0n) is 29.4. The van der Waals surface area contributed by atoms with Gasteiger partial charge in [0.25, 0.3) is 5.91 Å². The molecule has 0 bridgehead atoms. The molecule has 0 aromatic carbocycles. The molecule has 1 fully saturated rings. The van der Waals surface area contributed by atoms with E-state index in [0.717, 1.165) is 43.7 Å². The predicted octanol–water partition coefficient (Wildman–Crippen LogP) is 7.00. The van der Waals surface area contributed by atoms with Gasteiger partial charge in [-0.05, 0) is 63.3 Å². The highest BCUT2D eigenvalue weighted by Gasteiger charge is 2.35. The Hall–Kier alpha value is -4.79. The fourth-order valence-electron chi connectivity index (χ4n) is 6.59. The number of nitrogens with one attached hydrogen (secondary N) is 2. The standard InChI is InChI=1S/C36H44F3N7O5/c1-5-50-29-18-24(17-28(42-29)36(37,38)39)26-19-27(46(3)21-35(22-49-4)15-8-7-9-16-35)31-32(41-26)44-34(43-31)45-33(48)25-14-13-23(20-40-25)11-10-12-30(47)51-6-2/h13-14,17-20H,5-12,15-16,21-22H2,1-4H3,(H2,41,43,44,45,48). The summed E-state index contributed by atoms with van der Waals surface area (Å²) in [6.45, 7) is 5.07. The van der Waals surface area contributed by atoms with Crippen molar-refractivity contribution < 1.29 is 37.0 Å². The molecule has 4 aromatic heterocycles. The monoisotopic (exact) mass is 711 g/mol. The average molecular weight is 712 g/mol. The molecule has 0 saturated heterocycles. The van der Waals surface area contributed by atoms with Crippen molar-refractivity contribution in [2.24, 2.45) is 5.41 Å². The molecule has 1 aliphatic carbocycles. The van der Waals surface area contributed by atoms with Crippen molar-refractivity contribution in [3.63, 3.8) is 0 Å². The van der Waals surface area contributed by atoms with E-state index in [1.165, 1.54) is 6.07 Å². The minimum absolute atomic E-state index is 0.0969. The van der Waals surface area contributed by atoms with Crippen LogP contribution in [0.15, 0.2) is 36.5 Å². The Balaban J connectivity index is 1.47. The van der Waals surface area contributed by atoms with Crippen LogP contribution in [-0.2, 0) is 26.9 Å². The van der Waals surface area contributed by atoms with Gasteiger partial charge in [-0.15, -0.1) is 0 Å². The number of H-pyrrole nitrogens is 1. The molecule has 274 valence electrons. The number of anilines is 2. The third-order valence-electron chi connectivity index (χ3n) is 8.91. The molecule has 12 nitrogen and oxygen atoms in total. The molecular weight excluding hydrogens is 667 g/mol. The van der Waals surface area contributed by atoms with Crippen LogP contribution < -0.4 is 15.0 Å². The highest BCUT2D eigenvalue weighted by molar-refractivity contribution is 6.03. The second-order valence-corrected chi connectivity index (χ2v) is 12.8. The Bertz CT molecular complexity index is 1800. The van der Waals surface area contributed by atoms with Crippen molar-refractivity contribution in [1.82, 2.24) is 24.9 Å². The molecule has 0 aliphatic heterocycles. The van der Waals surface area contributed by atoms with E-state index in [9.17, 15) is 22.8 Å². The lowest BCUT2D eigenvalue weighted by Gasteiger charge is -2.40. The van der Waals surface area contributed by atoms with Gasteiger partial charge in [0.1, 0.15) is 16.9 Å². The lowest BCUT2D eigenvalue weighted by molar-refractivity contribution is -0.143. The zero-order chi connectivity index (χ0) is 36.6. The number of fused-ring (bicyclic) bond motifs is 1. The molecule has 1 amide bonds. The first-order valence-corrected chi connectivity index (χ1v) is 17.2. The number of alkyl halides is 3. The van der Waals surface area contributed by atoms with E-state index in [1.54, 1.807) is 45.4 Å². The highest BCUT2D eigenvalue weighted by Crippen LogP contribution is 2.40. The van der Waals surface area contributed by atoms with Gasteiger partial charge < -0.3 is 24.1 Å². The van der Waals surface area contributed by atoms with E-state index < -0.39 is 17.8 Å². The summed E-state index contributed by atoms with van der Waals surface area (Å²) in [5, 5.41) is 2.74. The number of pyridine rings is 3. The number of carbonyl (C=O) groups is 2. The van der Waals surface area contributed by atoms with Crippen molar-refractivity contribution in [2.75, 3.05) is 50.7 Å². The fourth-order valence-corrected chi connectivity index (χ4v) is 6.59. The number of nitrogens with zero attached hydrogens (tertiary/aromatic N) is 5. The van der Waals surface area contributed by atoms with Gasteiger partial charge in [-0.25, -0.2) is 9.97 Å². The largest absolute Gasteiger partial charge is 0.478 e. The number of esters is 1. The third-order valence-corrected chi connectivity index (χ3v) is 8.91. The van der Waals surface area contributed by atoms with Gasteiger partial charge >= 0.3 is 12.1 Å². The van der Waals surface area contributed by atoms with Crippen LogP contribution in [-0.4, -0.2) is 77.3 Å². The minimum atomic E-state index is -4.71. The predicted molar refractivity (Wildman–Crippen MR) is 186 cm³/mol. The maximum atomic E-state index is 13.9. The first-order chi connectivity index (χ1) is 24.4. The highest BCUT2D eigenvalue weighted by atomic mass is 19.4. The quantitative estimate of drug-likeness (QED) is 0.124. The number of carbonyl (C=O) groups excluding carboxylic acids is 2. The van der Waals surface area contributed by atoms with E-state index >= 15 is 0 Å². The molecule has 1 saturated carbocycles. The summed E-state index contributed by atoms with van der Waals surface area (Å²) >= 11 is 0. The van der Waals surface area contributed by atoms with E-state index in [-0.39, 0.29) is 52.4 Å². The number of aryl methyl sites for hydroxylation is 1. The number of aromatic nitrogens is 5. The Kier molecular flexibility index (Phi) is 12.1. The second-order valence-electron chi connectivity index (χ2n) is 12.8. The van der Waals surface area contributed by atoms with E-state index in [2.05, 4.69) is 30.2 Å². The third kappa shape index (κ3) is 9.51. The molecule has 4 heterocycles. The van der Waals surface area contributed by atoms with Crippen molar-refractivity contribution in [2.45, 2.75) is 71.4 Å². The van der Waals surface area contributed by atoms with Crippen molar-refractivity contribution in [3.8, 4) is 17.1 Å². The van der Waals surface area contributed by atoms with Crippen molar-refractivity contribution in [1.29, 1.82) is 0 Å². The van der Waals surface area contributed by atoms with Gasteiger partial charge in [0.05, 0.1) is 31.2 Å². The summed E-state index contributed by atoms with van der Waals surface area (Å²) in [5.41, 5.74) is 1.51. The number of hydrogen-bond donors (Lipinski definition) is 2. The molecule has 2 N–H and O–H groups in total. The zero-order valence-corrected chi connectivity index (χ0v) is 29.4. The summed E-state index contributed by atoms with van der Waals surface area (Å²) in [6, 6.07) is 7.43. The smallest absolute Gasteiger partial charge is 0.433 e. The summed E-state index contributed by atoms with van der Waals surface area (Å²) in [6.07, 6.45) is 3.62. The van der Waals surface area contributed by atoms with Gasteiger partial charge in [-0.3, -0.25) is 19.9 Å². The van der Waals surface area contributed by atoms with Gasteiger partial charge in [0, 0.05) is 50.4 Å². The number of imidazole rings is 1. The van der Waals surface area contributed by atoms with Crippen LogP contribution in [0, 0.1) is 5.41 Å². The number of aromatic amines is 1. The van der Waals surface area contributed by atoms with Gasteiger partial charge in [0.15, 0.2) is 5.65 Å². The SMILES string of the molecule is CCOC(=O)CCCc1ccc(C(=O)Nc2nc3nc(-c4cc(OCC)nc(C(F)(F)F)c4)cc(N(C)CC4(COC)CCCCC4)c3[nH]2)nc1. The van der Waals surface area contributed by atoms with Crippen molar-refractivity contribution in [3.05, 3.63) is 53.5 Å². The summed E-state index contributed by atoms with van der Waals surface area (Å²) in [5.74, 6) is -0.852. The van der Waals surface area contributed by atoms with Crippen LogP contribution in [0.2, 0.25) is 0 Å². The Morgan fingerprint density at radius 3 is 2.49 bits per heavy atom. The second kappa shape index (κ2) is 16.5. The molecule has 1 aliphatic rings. The van der Waals surface area contributed by atoms with E-state index in [0.29, 0.717) is 50.2 Å². The minimum Gasteiger partial charge on any atom is -0.478 e. The lowest BCUT2D eigenvalue weighted by Crippen LogP contribution is -2.40. The number of rotatable bonds is 15. The Morgan fingerprint density at radius 2 is 1.82 bits per heavy atom. The molecule has 15 heteroatoms. The normalized spacial score (nSPS) is 14.3. The fraction of sp³-hybridized carbons (Fsp3) is 0.500. The maximum Gasteiger partial charge on any atom is 0.433 e. The number of amides is 1. The lowest BCUT2D eigenvalue weighted by atomic mass is 9.74. The Labute approximate surface area is 294 Å². The molecule has 5 rings (SSSR count). The van der Waals surface area contributed by atoms with Gasteiger partial charge in [-0.2, -0.15) is 18.2 Å². The van der Waals surface area contributed by atoms with Gasteiger partial charge in [0.2, 0.25) is 11.8 Å². The first-order valence-electron chi connectivity index (χ1n) is 17.2. The molecule has 0 atom stereocenters. The van der Waals surface area contributed by atoms with E-state index in [4.69, 9.17) is 14.2 Å². The molecular formula is C36H44F3N7O5. The average Bonchev–Trinajstić information content (AvgIpc) is 3.50. The summed E-state index contributed by atoms with van der Waals surface area (Å²) < 4.78 is 57.7. The summed E-state index contributed by atoms with van der Waals surface area (Å²) in [4.78, 5) is 47.2. The van der Waals surface area contributed by atoms with E-state index in [1.807, 2.05) is 11.9 Å². The summed E-state index contributed by atoms with van der Waals surface area (Å²) in [7, 11) is 3.61. The molecule has 0 spiro atoms.